The number of rotatable bonds is 6. The molecule has 3 rings (SSSR count). The van der Waals surface area contributed by atoms with Crippen LogP contribution in [0.3, 0.4) is 0 Å². The highest BCUT2D eigenvalue weighted by molar-refractivity contribution is 5.90. The number of anilines is 1. The van der Waals surface area contributed by atoms with Crippen molar-refractivity contribution in [1.82, 2.24) is 10.2 Å². The normalized spacial score (nSPS) is 16.4. The van der Waals surface area contributed by atoms with Gasteiger partial charge in [-0.05, 0) is 24.1 Å². The molecule has 2 N–H and O–H groups in total. The Hall–Kier alpha value is -3.02. The molecule has 6 heteroatoms. The summed E-state index contributed by atoms with van der Waals surface area (Å²) in [5, 5.41) is 5.64. The average Bonchev–Trinajstić information content (AvgIpc) is 3.00. The van der Waals surface area contributed by atoms with Crippen LogP contribution >= 0.6 is 0 Å². The Labute approximate surface area is 153 Å². The quantitative estimate of drug-likeness (QED) is 0.839. The predicted molar refractivity (Wildman–Crippen MR) is 100 cm³/mol. The summed E-state index contributed by atoms with van der Waals surface area (Å²) >= 11 is 0. The molecule has 1 saturated heterocycles. The maximum atomic E-state index is 12.2. The van der Waals surface area contributed by atoms with E-state index in [4.69, 9.17) is 4.74 Å². The molecule has 1 fully saturated rings. The fourth-order valence-electron chi connectivity index (χ4n) is 3.05. The molecule has 1 aliphatic rings. The van der Waals surface area contributed by atoms with Gasteiger partial charge in [0.25, 0.3) is 0 Å². The molecule has 136 valence electrons. The number of ether oxygens (including phenoxy) is 1. The molecule has 0 unspecified atom stereocenters. The number of benzene rings is 2. The number of nitrogens with one attached hydrogen (secondary N) is 2. The van der Waals surface area contributed by atoms with Gasteiger partial charge in [-0.15, -0.1) is 0 Å². The smallest absolute Gasteiger partial charge is 0.319 e. The first-order valence-corrected chi connectivity index (χ1v) is 8.67. The lowest BCUT2D eigenvalue weighted by Crippen LogP contribution is -2.40. The fourth-order valence-corrected chi connectivity index (χ4v) is 3.05. The highest BCUT2D eigenvalue weighted by atomic mass is 16.5. The van der Waals surface area contributed by atoms with Crippen molar-refractivity contribution in [2.45, 2.75) is 18.9 Å². The van der Waals surface area contributed by atoms with E-state index < -0.39 is 0 Å². The number of nitrogens with zero attached hydrogens (tertiary/aromatic N) is 1. The minimum Gasteiger partial charge on any atom is -0.497 e. The van der Waals surface area contributed by atoms with Gasteiger partial charge in [-0.1, -0.05) is 36.4 Å². The van der Waals surface area contributed by atoms with Crippen molar-refractivity contribution < 1.29 is 14.3 Å². The SMILES string of the molecule is COc1cccc(NC(=O)N[C@@H]2CC(=O)N(CCc3ccccc3)C2)c1. The van der Waals surface area contributed by atoms with Crippen molar-refractivity contribution in [1.29, 1.82) is 0 Å². The third-order valence-electron chi connectivity index (χ3n) is 4.39. The largest absolute Gasteiger partial charge is 0.497 e. The van der Waals surface area contributed by atoms with E-state index in [1.807, 2.05) is 29.2 Å². The number of likely N-dealkylation sites (tertiary alicyclic amines) is 1. The second-order valence-corrected chi connectivity index (χ2v) is 6.31. The number of amides is 3. The van der Waals surface area contributed by atoms with Crippen LogP contribution in [0.15, 0.2) is 54.6 Å². The summed E-state index contributed by atoms with van der Waals surface area (Å²) in [5.74, 6) is 0.749. The van der Waals surface area contributed by atoms with Gasteiger partial charge in [0.1, 0.15) is 5.75 Å². The fraction of sp³-hybridized carbons (Fsp3) is 0.300. The topological polar surface area (TPSA) is 70.7 Å². The average molecular weight is 353 g/mol. The summed E-state index contributed by atoms with van der Waals surface area (Å²) in [7, 11) is 1.58. The van der Waals surface area contributed by atoms with E-state index in [2.05, 4.69) is 22.8 Å². The Kier molecular flexibility index (Phi) is 5.73. The third kappa shape index (κ3) is 4.75. The maximum absolute atomic E-state index is 12.2. The van der Waals surface area contributed by atoms with Crippen molar-refractivity contribution in [3.63, 3.8) is 0 Å². The Morgan fingerprint density at radius 2 is 2.00 bits per heavy atom. The van der Waals surface area contributed by atoms with Crippen LogP contribution in [-0.2, 0) is 11.2 Å². The van der Waals surface area contributed by atoms with Crippen LogP contribution < -0.4 is 15.4 Å². The van der Waals surface area contributed by atoms with Gasteiger partial charge >= 0.3 is 6.03 Å². The van der Waals surface area contributed by atoms with Crippen LogP contribution in [0.25, 0.3) is 0 Å². The first-order valence-electron chi connectivity index (χ1n) is 8.67. The number of urea groups is 1. The molecule has 3 amide bonds. The molecule has 0 bridgehead atoms. The van der Waals surface area contributed by atoms with Crippen LogP contribution in [0.5, 0.6) is 5.75 Å². The second kappa shape index (κ2) is 8.38. The van der Waals surface area contributed by atoms with E-state index in [0.717, 1.165) is 6.42 Å². The van der Waals surface area contributed by atoms with Crippen molar-refractivity contribution in [3.05, 3.63) is 60.2 Å². The van der Waals surface area contributed by atoms with Gasteiger partial charge < -0.3 is 20.3 Å². The molecule has 0 radical (unpaired) electrons. The second-order valence-electron chi connectivity index (χ2n) is 6.31. The molecule has 2 aromatic rings. The van der Waals surface area contributed by atoms with Crippen LogP contribution in [0, 0.1) is 0 Å². The molecule has 0 aliphatic carbocycles. The van der Waals surface area contributed by atoms with E-state index in [0.29, 0.717) is 30.9 Å². The monoisotopic (exact) mass is 353 g/mol. The first-order chi connectivity index (χ1) is 12.6. The van der Waals surface area contributed by atoms with E-state index in [1.54, 1.807) is 25.3 Å². The van der Waals surface area contributed by atoms with Crippen LogP contribution in [-0.4, -0.2) is 43.1 Å². The van der Waals surface area contributed by atoms with E-state index in [-0.39, 0.29) is 18.0 Å². The number of methoxy groups -OCH3 is 1. The van der Waals surface area contributed by atoms with Gasteiger partial charge in [0.2, 0.25) is 5.91 Å². The summed E-state index contributed by atoms with van der Waals surface area (Å²) in [4.78, 5) is 26.1. The molecule has 0 aromatic heterocycles. The van der Waals surface area contributed by atoms with Gasteiger partial charge in [0.15, 0.2) is 0 Å². The van der Waals surface area contributed by atoms with Gasteiger partial charge in [0, 0.05) is 31.3 Å². The molecule has 0 spiro atoms. The Bertz CT molecular complexity index is 764. The summed E-state index contributed by atoms with van der Waals surface area (Å²) < 4.78 is 5.14. The lowest BCUT2D eigenvalue weighted by atomic mass is 10.1. The standard InChI is InChI=1S/C20H23N3O3/c1-26-18-9-5-8-16(12-18)21-20(25)22-17-13-19(24)23(14-17)11-10-15-6-3-2-4-7-15/h2-9,12,17H,10-11,13-14H2,1H3,(H2,21,22,25)/t17-/m1/s1. The van der Waals surface area contributed by atoms with Gasteiger partial charge in [0.05, 0.1) is 13.2 Å². The van der Waals surface area contributed by atoms with Crippen LogP contribution in [0.4, 0.5) is 10.5 Å². The Morgan fingerprint density at radius 1 is 1.19 bits per heavy atom. The van der Waals surface area contributed by atoms with Crippen LogP contribution in [0.1, 0.15) is 12.0 Å². The molecule has 0 saturated carbocycles. The highest BCUT2D eigenvalue weighted by Crippen LogP contribution is 2.17. The zero-order chi connectivity index (χ0) is 18.4. The third-order valence-corrected chi connectivity index (χ3v) is 4.39. The Morgan fingerprint density at radius 3 is 2.77 bits per heavy atom. The summed E-state index contributed by atoms with van der Waals surface area (Å²) in [5.41, 5.74) is 1.85. The van der Waals surface area contributed by atoms with Crippen molar-refractivity contribution in [2.24, 2.45) is 0 Å². The summed E-state index contributed by atoms with van der Waals surface area (Å²) in [6, 6.07) is 16.7. The van der Waals surface area contributed by atoms with Crippen molar-refractivity contribution >= 4 is 17.6 Å². The molecular weight excluding hydrogens is 330 g/mol. The number of carbonyl (C=O) groups excluding carboxylic acids is 2. The number of hydrogen-bond acceptors (Lipinski definition) is 3. The number of hydrogen-bond donors (Lipinski definition) is 2. The number of carbonyl (C=O) groups is 2. The first kappa shape index (κ1) is 17.8. The maximum Gasteiger partial charge on any atom is 0.319 e. The molecular formula is C20H23N3O3. The molecule has 1 aliphatic heterocycles. The van der Waals surface area contributed by atoms with Gasteiger partial charge in [-0.25, -0.2) is 4.79 Å². The van der Waals surface area contributed by atoms with Crippen LogP contribution in [0.2, 0.25) is 0 Å². The van der Waals surface area contributed by atoms with Gasteiger partial charge in [-0.2, -0.15) is 0 Å². The summed E-state index contributed by atoms with van der Waals surface area (Å²) in [6.07, 6.45) is 1.15. The lowest BCUT2D eigenvalue weighted by molar-refractivity contribution is -0.127. The molecule has 6 nitrogen and oxygen atoms in total. The molecule has 1 heterocycles. The van der Waals surface area contributed by atoms with E-state index in [1.165, 1.54) is 5.56 Å². The predicted octanol–water partition coefficient (Wildman–Crippen LogP) is 2.66. The highest BCUT2D eigenvalue weighted by Gasteiger charge is 2.30. The van der Waals surface area contributed by atoms with Crippen molar-refractivity contribution in [3.8, 4) is 5.75 Å². The minimum atomic E-state index is -0.319. The zero-order valence-electron chi connectivity index (χ0n) is 14.8. The molecule has 1 atom stereocenters. The summed E-state index contributed by atoms with van der Waals surface area (Å²) in [6.45, 7) is 1.20. The lowest BCUT2D eigenvalue weighted by Gasteiger charge is -2.17. The van der Waals surface area contributed by atoms with E-state index in [9.17, 15) is 9.59 Å². The zero-order valence-corrected chi connectivity index (χ0v) is 14.8. The Balaban J connectivity index is 1.48. The molecule has 26 heavy (non-hydrogen) atoms. The van der Waals surface area contributed by atoms with Gasteiger partial charge in [-0.3, -0.25) is 4.79 Å². The molecule has 2 aromatic carbocycles. The van der Waals surface area contributed by atoms with E-state index >= 15 is 0 Å². The minimum absolute atomic E-state index is 0.0765. The van der Waals surface area contributed by atoms with Crippen molar-refractivity contribution in [2.75, 3.05) is 25.5 Å².